The van der Waals surface area contributed by atoms with Crippen molar-refractivity contribution in [1.82, 2.24) is 4.90 Å². The van der Waals surface area contributed by atoms with Gasteiger partial charge in [-0.05, 0) is 28.7 Å². The molecule has 0 aliphatic heterocycles. The van der Waals surface area contributed by atoms with Gasteiger partial charge in [-0.15, -0.1) is 0 Å². The van der Waals surface area contributed by atoms with Gasteiger partial charge in [-0.1, -0.05) is 42.5 Å². The van der Waals surface area contributed by atoms with Crippen molar-refractivity contribution in [3.8, 4) is 0 Å². The molecular weight excluding hydrogens is 306 g/mol. The Hall–Kier alpha value is -2.40. The number of benzene rings is 2. The molecule has 1 N–H and O–H groups in total. The number of fused-ring (bicyclic) bond motifs is 1. The van der Waals surface area contributed by atoms with Crippen molar-refractivity contribution >= 4 is 22.6 Å². The van der Waals surface area contributed by atoms with Crippen LogP contribution in [0.25, 0.3) is 10.8 Å². The molecule has 0 radical (unpaired) electrons. The molecule has 5 heteroatoms. The van der Waals surface area contributed by atoms with Crippen LogP contribution in [-0.2, 0) is 14.3 Å². The van der Waals surface area contributed by atoms with Crippen LogP contribution in [-0.4, -0.2) is 48.7 Å². The number of carbonyl (C=O) groups is 2. The summed E-state index contributed by atoms with van der Waals surface area (Å²) in [6.07, 6.45) is 0.774. The van der Waals surface area contributed by atoms with Crippen molar-refractivity contribution in [3.05, 3.63) is 48.0 Å². The number of hydrogen-bond donors (Lipinski definition) is 1. The van der Waals surface area contributed by atoms with Gasteiger partial charge >= 0.3 is 5.97 Å². The summed E-state index contributed by atoms with van der Waals surface area (Å²) in [4.78, 5) is 25.1. The first-order chi connectivity index (χ1) is 11.6. The Kier molecular flexibility index (Phi) is 4.81. The topological polar surface area (TPSA) is 66.8 Å². The first-order valence-electron chi connectivity index (χ1n) is 8.09. The quantitative estimate of drug-likeness (QED) is 0.848. The maximum atomic E-state index is 12.7. The Morgan fingerprint density at radius 2 is 1.96 bits per heavy atom. The highest BCUT2D eigenvalue weighted by Crippen LogP contribution is 2.50. The van der Waals surface area contributed by atoms with E-state index >= 15 is 0 Å². The normalized spacial score (nSPS) is 19.2. The van der Waals surface area contributed by atoms with Gasteiger partial charge < -0.3 is 14.7 Å². The van der Waals surface area contributed by atoms with Gasteiger partial charge in [0.2, 0.25) is 5.91 Å². The van der Waals surface area contributed by atoms with Crippen molar-refractivity contribution in [2.24, 2.45) is 5.92 Å². The third-order valence-corrected chi connectivity index (χ3v) is 4.53. The maximum absolute atomic E-state index is 12.7. The minimum atomic E-state index is -0.998. The number of carboxylic acids is 1. The summed E-state index contributed by atoms with van der Waals surface area (Å²) in [5.41, 5.74) is 1.17. The maximum Gasteiger partial charge on any atom is 0.323 e. The molecule has 2 aromatic carbocycles. The van der Waals surface area contributed by atoms with E-state index in [0.29, 0.717) is 13.2 Å². The number of rotatable bonds is 7. The van der Waals surface area contributed by atoms with E-state index in [4.69, 9.17) is 9.84 Å². The van der Waals surface area contributed by atoms with Crippen LogP contribution < -0.4 is 0 Å². The van der Waals surface area contributed by atoms with E-state index in [1.807, 2.05) is 18.2 Å². The van der Waals surface area contributed by atoms with E-state index in [1.54, 1.807) is 7.11 Å². The van der Waals surface area contributed by atoms with Gasteiger partial charge in [0.25, 0.3) is 0 Å². The van der Waals surface area contributed by atoms with Gasteiger partial charge in [0.1, 0.15) is 6.54 Å². The van der Waals surface area contributed by atoms with E-state index in [2.05, 4.69) is 24.3 Å². The summed E-state index contributed by atoms with van der Waals surface area (Å²) in [5.74, 6) is -1.05. The molecule has 1 aliphatic rings. The number of ether oxygens (including phenoxy) is 1. The summed E-state index contributed by atoms with van der Waals surface area (Å²) < 4.78 is 4.99. The number of carboxylic acid groups (broad SMARTS) is 1. The molecule has 1 fully saturated rings. The summed E-state index contributed by atoms with van der Waals surface area (Å²) in [6, 6.07) is 14.3. The van der Waals surface area contributed by atoms with Gasteiger partial charge in [0.05, 0.1) is 6.61 Å². The summed E-state index contributed by atoms with van der Waals surface area (Å²) in [7, 11) is 1.54. The summed E-state index contributed by atoms with van der Waals surface area (Å²) in [6.45, 7) is 0.367. The van der Waals surface area contributed by atoms with Crippen LogP contribution >= 0.6 is 0 Å². The second-order valence-electron chi connectivity index (χ2n) is 6.16. The number of carbonyl (C=O) groups excluding carboxylic acids is 1. The molecule has 0 aromatic heterocycles. The lowest BCUT2D eigenvalue weighted by atomic mass is 10.00. The second-order valence-corrected chi connectivity index (χ2v) is 6.16. The van der Waals surface area contributed by atoms with Gasteiger partial charge in [-0.3, -0.25) is 9.59 Å². The molecule has 0 heterocycles. The fourth-order valence-electron chi connectivity index (χ4n) is 3.25. The zero-order valence-corrected chi connectivity index (χ0v) is 13.6. The van der Waals surface area contributed by atoms with E-state index in [9.17, 15) is 9.59 Å². The molecule has 1 amide bonds. The Bertz CT molecular complexity index is 753. The highest BCUT2D eigenvalue weighted by molar-refractivity contribution is 5.90. The molecule has 1 saturated carbocycles. The number of nitrogens with zero attached hydrogens (tertiary/aromatic N) is 1. The highest BCUT2D eigenvalue weighted by Gasteiger charge is 2.46. The van der Waals surface area contributed by atoms with Crippen LogP contribution in [0.1, 0.15) is 17.9 Å². The van der Waals surface area contributed by atoms with Gasteiger partial charge in [0.15, 0.2) is 0 Å². The van der Waals surface area contributed by atoms with Crippen LogP contribution in [0.5, 0.6) is 0 Å². The predicted octanol–water partition coefficient (Wildman–Crippen LogP) is 2.50. The number of aliphatic carboxylic acids is 1. The molecule has 2 aromatic rings. The fourth-order valence-corrected chi connectivity index (χ4v) is 3.25. The number of hydrogen-bond acceptors (Lipinski definition) is 3. The fraction of sp³-hybridized carbons (Fsp3) is 0.368. The van der Waals surface area contributed by atoms with Crippen LogP contribution in [0.2, 0.25) is 0 Å². The molecule has 0 spiro atoms. The van der Waals surface area contributed by atoms with Crippen molar-refractivity contribution in [3.63, 3.8) is 0 Å². The number of amides is 1. The molecular formula is C19H21NO4. The van der Waals surface area contributed by atoms with Crippen LogP contribution in [0.15, 0.2) is 42.5 Å². The molecule has 0 bridgehead atoms. The minimum Gasteiger partial charge on any atom is -0.480 e. The largest absolute Gasteiger partial charge is 0.480 e. The molecule has 1 aliphatic carbocycles. The van der Waals surface area contributed by atoms with Crippen molar-refractivity contribution < 1.29 is 19.4 Å². The molecule has 2 unspecified atom stereocenters. The molecule has 126 valence electrons. The van der Waals surface area contributed by atoms with E-state index in [0.717, 1.165) is 11.8 Å². The predicted molar refractivity (Wildman–Crippen MR) is 90.9 cm³/mol. The first kappa shape index (κ1) is 16.5. The van der Waals surface area contributed by atoms with Gasteiger partial charge in [-0.2, -0.15) is 0 Å². The monoisotopic (exact) mass is 327 g/mol. The standard InChI is InChI=1S/C19H21NO4/c1-24-10-9-20(12-18(21)22)19(23)17-11-16(17)15-8-4-6-13-5-2-3-7-14(13)15/h2-8,16-17H,9-12H2,1H3,(H,21,22). The third kappa shape index (κ3) is 3.41. The SMILES string of the molecule is COCCN(CC(=O)O)C(=O)C1CC1c1cccc2ccccc12. The third-order valence-electron chi connectivity index (χ3n) is 4.53. The molecule has 5 nitrogen and oxygen atoms in total. The molecule has 24 heavy (non-hydrogen) atoms. The zero-order valence-electron chi connectivity index (χ0n) is 13.6. The van der Waals surface area contributed by atoms with E-state index < -0.39 is 5.97 Å². The number of methoxy groups -OCH3 is 1. The Morgan fingerprint density at radius 3 is 2.71 bits per heavy atom. The smallest absolute Gasteiger partial charge is 0.323 e. The average Bonchev–Trinajstić information content (AvgIpc) is 3.37. The zero-order chi connectivity index (χ0) is 17.1. The Labute approximate surface area is 140 Å². The Balaban J connectivity index is 1.77. The van der Waals surface area contributed by atoms with Crippen molar-refractivity contribution in [2.45, 2.75) is 12.3 Å². The van der Waals surface area contributed by atoms with E-state index in [1.165, 1.54) is 15.8 Å². The minimum absolute atomic E-state index is 0.0904. The summed E-state index contributed by atoms with van der Waals surface area (Å²) >= 11 is 0. The van der Waals surface area contributed by atoms with Gasteiger partial charge in [0, 0.05) is 19.6 Å². The first-order valence-corrected chi connectivity index (χ1v) is 8.09. The van der Waals surface area contributed by atoms with Crippen LogP contribution in [0.3, 0.4) is 0 Å². The Morgan fingerprint density at radius 1 is 1.21 bits per heavy atom. The molecule has 0 saturated heterocycles. The molecule has 2 atom stereocenters. The van der Waals surface area contributed by atoms with Crippen LogP contribution in [0, 0.1) is 5.92 Å². The molecule has 3 rings (SSSR count). The average molecular weight is 327 g/mol. The van der Waals surface area contributed by atoms with Gasteiger partial charge in [-0.25, -0.2) is 0 Å². The summed E-state index contributed by atoms with van der Waals surface area (Å²) in [5, 5.41) is 11.4. The lowest BCUT2D eigenvalue weighted by Crippen LogP contribution is -2.39. The van der Waals surface area contributed by atoms with Crippen LogP contribution in [0.4, 0.5) is 0 Å². The van der Waals surface area contributed by atoms with Crippen molar-refractivity contribution in [1.29, 1.82) is 0 Å². The second kappa shape index (κ2) is 7.01. The lowest BCUT2D eigenvalue weighted by Gasteiger charge is -2.20. The lowest BCUT2D eigenvalue weighted by molar-refractivity contribution is -0.145. The van der Waals surface area contributed by atoms with E-state index in [-0.39, 0.29) is 24.3 Å². The van der Waals surface area contributed by atoms with Crippen molar-refractivity contribution in [2.75, 3.05) is 26.8 Å². The highest BCUT2D eigenvalue weighted by atomic mass is 16.5.